The van der Waals surface area contributed by atoms with Crippen LogP contribution in [0.1, 0.15) is 43.4 Å². The molecule has 9 heteroatoms. The number of nitrogens with zero attached hydrogens (tertiary/aromatic N) is 1. The van der Waals surface area contributed by atoms with E-state index in [0.717, 1.165) is 12.0 Å². The summed E-state index contributed by atoms with van der Waals surface area (Å²) in [5.74, 6) is -1.12. The van der Waals surface area contributed by atoms with Gasteiger partial charge < -0.3 is 15.4 Å². The van der Waals surface area contributed by atoms with E-state index >= 15 is 0 Å². The zero-order valence-corrected chi connectivity index (χ0v) is 19.3. The molecule has 2 amide bonds. The second kappa shape index (κ2) is 10.4. The van der Waals surface area contributed by atoms with Gasteiger partial charge >= 0.3 is 11.8 Å². The summed E-state index contributed by atoms with van der Waals surface area (Å²) in [6.45, 7) is 10.5. The minimum Gasteiger partial charge on any atom is -0.360 e. The van der Waals surface area contributed by atoms with Crippen molar-refractivity contribution in [3.05, 3.63) is 28.8 Å². The lowest BCUT2D eigenvalue weighted by molar-refractivity contribution is -0.140. The second-order valence-corrected chi connectivity index (χ2v) is 10.00. The third-order valence-corrected chi connectivity index (χ3v) is 7.17. The standard InChI is InChI=1S/C21H33N3O5S/c1-14(2)7-8-22-20(25)21(26)23-13-18-24(9-6-10-29-18)30(27,28)19-16(4)11-15(3)12-17(19)5/h11-12,14,18H,6-10,13H2,1-5H3,(H,22,25)(H,23,26)/t18-/m0/s1. The maximum Gasteiger partial charge on any atom is 0.309 e. The Balaban J connectivity index is 2.10. The quantitative estimate of drug-likeness (QED) is 0.629. The number of ether oxygens (including phenoxy) is 1. The van der Waals surface area contributed by atoms with E-state index in [4.69, 9.17) is 4.74 Å². The maximum absolute atomic E-state index is 13.4. The number of aryl methyl sites for hydroxylation is 3. The van der Waals surface area contributed by atoms with Crippen LogP contribution in [0, 0.1) is 26.7 Å². The van der Waals surface area contributed by atoms with Crippen molar-refractivity contribution in [1.29, 1.82) is 0 Å². The lowest BCUT2D eigenvalue weighted by Gasteiger charge is -2.35. The Morgan fingerprint density at radius 1 is 1.13 bits per heavy atom. The van der Waals surface area contributed by atoms with Crippen LogP contribution < -0.4 is 10.6 Å². The number of sulfonamides is 1. The van der Waals surface area contributed by atoms with Crippen LogP contribution in [0.3, 0.4) is 0 Å². The molecule has 2 rings (SSSR count). The molecule has 1 saturated heterocycles. The first kappa shape index (κ1) is 24.3. The van der Waals surface area contributed by atoms with E-state index in [1.165, 1.54) is 4.31 Å². The van der Waals surface area contributed by atoms with Crippen LogP contribution >= 0.6 is 0 Å². The molecule has 1 atom stereocenters. The number of amides is 2. The molecule has 2 N–H and O–H groups in total. The van der Waals surface area contributed by atoms with E-state index in [2.05, 4.69) is 10.6 Å². The largest absolute Gasteiger partial charge is 0.360 e. The van der Waals surface area contributed by atoms with Gasteiger partial charge in [-0.2, -0.15) is 4.31 Å². The summed E-state index contributed by atoms with van der Waals surface area (Å²) in [7, 11) is -3.82. The fraction of sp³-hybridized carbons (Fsp3) is 0.619. The molecule has 1 aliphatic heterocycles. The van der Waals surface area contributed by atoms with Gasteiger partial charge in [0.2, 0.25) is 10.0 Å². The monoisotopic (exact) mass is 439 g/mol. The summed E-state index contributed by atoms with van der Waals surface area (Å²) in [5, 5.41) is 5.07. The Morgan fingerprint density at radius 3 is 2.33 bits per heavy atom. The van der Waals surface area contributed by atoms with Gasteiger partial charge in [-0.15, -0.1) is 0 Å². The van der Waals surface area contributed by atoms with E-state index in [0.29, 0.717) is 36.6 Å². The number of nitrogens with one attached hydrogen (secondary N) is 2. The van der Waals surface area contributed by atoms with E-state index in [-0.39, 0.29) is 18.0 Å². The molecular formula is C21H33N3O5S. The first-order valence-electron chi connectivity index (χ1n) is 10.3. The first-order valence-corrected chi connectivity index (χ1v) is 11.8. The van der Waals surface area contributed by atoms with Crippen molar-refractivity contribution in [3.8, 4) is 0 Å². The molecule has 0 spiro atoms. The number of carbonyl (C=O) groups is 2. The summed E-state index contributed by atoms with van der Waals surface area (Å²) in [6.07, 6.45) is 0.464. The summed E-state index contributed by atoms with van der Waals surface area (Å²) in [6, 6.07) is 3.67. The van der Waals surface area contributed by atoms with Crippen molar-refractivity contribution >= 4 is 21.8 Å². The number of rotatable bonds is 7. The van der Waals surface area contributed by atoms with Gasteiger partial charge in [0.1, 0.15) is 6.23 Å². The van der Waals surface area contributed by atoms with Crippen LogP contribution in [0.4, 0.5) is 0 Å². The van der Waals surface area contributed by atoms with E-state index in [1.54, 1.807) is 13.8 Å². The molecule has 1 aromatic carbocycles. The van der Waals surface area contributed by atoms with E-state index in [9.17, 15) is 18.0 Å². The van der Waals surface area contributed by atoms with E-state index in [1.807, 2.05) is 32.9 Å². The van der Waals surface area contributed by atoms with Crippen molar-refractivity contribution in [2.24, 2.45) is 5.92 Å². The molecule has 30 heavy (non-hydrogen) atoms. The average Bonchev–Trinajstić information content (AvgIpc) is 2.64. The molecule has 1 fully saturated rings. The molecule has 0 aromatic heterocycles. The molecule has 1 aliphatic rings. The SMILES string of the molecule is Cc1cc(C)c(S(=O)(=O)N2CCCO[C@H]2CNC(=O)C(=O)NCCC(C)C)c(C)c1. The highest BCUT2D eigenvalue weighted by Gasteiger charge is 2.36. The highest BCUT2D eigenvalue weighted by Crippen LogP contribution is 2.28. The van der Waals surface area contributed by atoms with Crippen LogP contribution in [-0.4, -0.2) is 57.0 Å². The fourth-order valence-electron chi connectivity index (χ4n) is 3.61. The summed E-state index contributed by atoms with van der Waals surface area (Å²) < 4.78 is 33.7. The predicted molar refractivity (Wildman–Crippen MR) is 114 cm³/mol. The van der Waals surface area contributed by atoms with Crippen molar-refractivity contribution in [3.63, 3.8) is 0 Å². The van der Waals surface area contributed by atoms with Gasteiger partial charge in [-0.25, -0.2) is 8.42 Å². The minimum absolute atomic E-state index is 0.0976. The van der Waals surface area contributed by atoms with Gasteiger partial charge in [0.25, 0.3) is 0 Å². The highest BCUT2D eigenvalue weighted by molar-refractivity contribution is 7.89. The van der Waals surface area contributed by atoms with Crippen LogP contribution in [0.2, 0.25) is 0 Å². The Labute approximate surface area is 179 Å². The van der Waals surface area contributed by atoms with Crippen molar-refractivity contribution in [1.82, 2.24) is 14.9 Å². The molecule has 0 saturated carbocycles. The third-order valence-electron chi connectivity index (χ3n) is 4.98. The summed E-state index contributed by atoms with van der Waals surface area (Å²) >= 11 is 0. The number of hydrogen-bond donors (Lipinski definition) is 2. The highest BCUT2D eigenvalue weighted by atomic mass is 32.2. The normalized spacial score (nSPS) is 17.7. The summed E-state index contributed by atoms with van der Waals surface area (Å²) in [5.41, 5.74) is 2.34. The molecule has 0 unspecified atom stereocenters. The fourth-order valence-corrected chi connectivity index (χ4v) is 5.59. The maximum atomic E-state index is 13.4. The molecule has 8 nitrogen and oxygen atoms in total. The smallest absolute Gasteiger partial charge is 0.309 e. The van der Waals surface area contributed by atoms with Gasteiger partial charge in [-0.3, -0.25) is 9.59 Å². The summed E-state index contributed by atoms with van der Waals surface area (Å²) in [4.78, 5) is 24.3. The zero-order chi connectivity index (χ0) is 22.5. The lowest BCUT2D eigenvalue weighted by Crippen LogP contribution is -2.53. The molecule has 1 heterocycles. The second-order valence-electron chi connectivity index (χ2n) is 8.17. The molecule has 0 aliphatic carbocycles. The molecule has 0 bridgehead atoms. The van der Waals surface area contributed by atoms with Gasteiger partial charge in [0.05, 0.1) is 18.0 Å². The third kappa shape index (κ3) is 6.02. The number of benzene rings is 1. The molecular weight excluding hydrogens is 406 g/mol. The number of hydrogen-bond acceptors (Lipinski definition) is 5. The molecule has 1 aromatic rings. The van der Waals surface area contributed by atoms with E-state index < -0.39 is 28.1 Å². The molecule has 168 valence electrons. The minimum atomic E-state index is -3.82. The van der Waals surface area contributed by atoms with Gasteiger partial charge in [-0.05, 0) is 50.7 Å². The lowest BCUT2D eigenvalue weighted by atomic mass is 10.1. The van der Waals surface area contributed by atoms with Gasteiger partial charge in [0.15, 0.2) is 0 Å². The van der Waals surface area contributed by atoms with Crippen LogP contribution in [-0.2, 0) is 24.3 Å². The Hall–Kier alpha value is -1.97. The zero-order valence-electron chi connectivity index (χ0n) is 18.4. The Bertz CT molecular complexity index is 860. The topological polar surface area (TPSA) is 105 Å². The van der Waals surface area contributed by atoms with Crippen molar-refractivity contribution in [2.45, 2.75) is 58.6 Å². The van der Waals surface area contributed by atoms with Crippen molar-refractivity contribution in [2.75, 3.05) is 26.2 Å². The van der Waals surface area contributed by atoms with Crippen LogP contribution in [0.5, 0.6) is 0 Å². The number of carbonyl (C=O) groups excluding carboxylic acids is 2. The van der Waals surface area contributed by atoms with Crippen LogP contribution in [0.25, 0.3) is 0 Å². The Kier molecular flexibility index (Phi) is 8.40. The van der Waals surface area contributed by atoms with Crippen LogP contribution in [0.15, 0.2) is 17.0 Å². The van der Waals surface area contributed by atoms with Gasteiger partial charge in [-0.1, -0.05) is 31.5 Å². The molecule has 0 radical (unpaired) electrons. The first-order chi connectivity index (χ1) is 14.0. The van der Waals surface area contributed by atoms with Gasteiger partial charge in [0, 0.05) is 13.1 Å². The predicted octanol–water partition coefficient (Wildman–Crippen LogP) is 1.63. The average molecular weight is 440 g/mol. The van der Waals surface area contributed by atoms with Crippen molar-refractivity contribution < 1.29 is 22.7 Å². The Morgan fingerprint density at radius 2 is 1.73 bits per heavy atom.